The summed E-state index contributed by atoms with van der Waals surface area (Å²) in [5.41, 5.74) is 6.90. The Balaban J connectivity index is 0.00000264. The van der Waals surface area contributed by atoms with Crippen LogP contribution in [0, 0.1) is 5.41 Å². The Morgan fingerprint density at radius 1 is 1.22 bits per heavy atom. The van der Waals surface area contributed by atoms with Crippen LogP contribution in [-0.4, -0.2) is 37.8 Å². The molecular weight excluding hydrogens is 334 g/mol. The van der Waals surface area contributed by atoms with Crippen molar-refractivity contribution in [2.24, 2.45) is 11.1 Å². The normalized spacial score (nSPS) is 12.4. The lowest BCUT2D eigenvalue weighted by atomic mass is 9.94. The molecule has 2 N–H and O–H groups in total. The van der Waals surface area contributed by atoms with Crippen molar-refractivity contribution in [1.29, 1.82) is 0 Å². The molecule has 2 aromatic rings. The van der Waals surface area contributed by atoms with Gasteiger partial charge in [0.05, 0.1) is 11.3 Å². The SMILES string of the molecule is CN(CC(C)(C)CN)S(=O)(=O)Cc1cccc2cccnc12.Cl. The van der Waals surface area contributed by atoms with Gasteiger partial charge in [0, 0.05) is 25.2 Å². The highest BCUT2D eigenvalue weighted by Crippen LogP contribution is 2.21. The summed E-state index contributed by atoms with van der Waals surface area (Å²) in [5.74, 6) is -0.0570. The lowest BCUT2D eigenvalue weighted by Crippen LogP contribution is -2.40. The minimum atomic E-state index is -3.41. The van der Waals surface area contributed by atoms with Gasteiger partial charge in [0.15, 0.2) is 0 Å². The molecule has 0 aliphatic rings. The third kappa shape index (κ3) is 4.88. The summed E-state index contributed by atoms with van der Waals surface area (Å²) < 4.78 is 26.6. The summed E-state index contributed by atoms with van der Waals surface area (Å²) in [6, 6.07) is 9.38. The van der Waals surface area contributed by atoms with Crippen molar-refractivity contribution in [3.63, 3.8) is 0 Å². The molecule has 2 rings (SSSR count). The number of rotatable bonds is 6. The third-order valence-corrected chi connectivity index (χ3v) is 5.49. The Kier molecular flexibility index (Phi) is 6.53. The van der Waals surface area contributed by atoms with E-state index in [-0.39, 0.29) is 23.6 Å². The van der Waals surface area contributed by atoms with Crippen molar-refractivity contribution in [3.8, 4) is 0 Å². The van der Waals surface area contributed by atoms with E-state index < -0.39 is 10.0 Å². The topological polar surface area (TPSA) is 76.3 Å². The smallest absolute Gasteiger partial charge is 0.218 e. The highest BCUT2D eigenvalue weighted by molar-refractivity contribution is 7.88. The van der Waals surface area contributed by atoms with Crippen molar-refractivity contribution in [2.45, 2.75) is 19.6 Å². The number of hydrogen-bond acceptors (Lipinski definition) is 4. The molecule has 0 atom stereocenters. The largest absolute Gasteiger partial charge is 0.330 e. The van der Waals surface area contributed by atoms with Crippen LogP contribution in [0.2, 0.25) is 0 Å². The van der Waals surface area contributed by atoms with Crippen molar-refractivity contribution in [3.05, 3.63) is 42.1 Å². The standard InChI is InChI=1S/C16H23N3O2S.ClH/c1-16(2,11-17)12-19(3)22(20,21)10-14-7-4-6-13-8-5-9-18-15(13)14;/h4-9H,10-12,17H2,1-3H3;1H. The van der Waals surface area contributed by atoms with E-state index in [0.717, 1.165) is 16.5 Å². The fourth-order valence-corrected chi connectivity index (χ4v) is 3.75. The highest BCUT2D eigenvalue weighted by atomic mass is 35.5. The highest BCUT2D eigenvalue weighted by Gasteiger charge is 2.26. The molecule has 128 valence electrons. The molecule has 1 aromatic carbocycles. The van der Waals surface area contributed by atoms with Crippen LogP contribution in [0.25, 0.3) is 10.9 Å². The quantitative estimate of drug-likeness (QED) is 0.861. The minimum Gasteiger partial charge on any atom is -0.330 e. The van der Waals surface area contributed by atoms with Crippen molar-refractivity contribution < 1.29 is 8.42 Å². The van der Waals surface area contributed by atoms with E-state index in [1.165, 1.54) is 4.31 Å². The fourth-order valence-electron chi connectivity index (χ4n) is 2.36. The van der Waals surface area contributed by atoms with Crippen LogP contribution in [0.5, 0.6) is 0 Å². The number of nitrogens with zero attached hydrogens (tertiary/aromatic N) is 2. The molecule has 0 fully saturated rings. The number of benzene rings is 1. The Labute approximate surface area is 144 Å². The van der Waals surface area contributed by atoms with Crippen molar-refractivity contribution >= 4 is 33.3 Å². The summed E-state index contributed by atoms with van der Waals surface area (Å²) in [4.78, 5) is 4.31. The third-order valence-electron chi connectivity index (χ3n) is 3.73. The van der Waals surface area contributed by atoms with Crippen LogP contribution < -0.4 is 5.73 Å². The maximum atomic E-state index is 12.6. The maximum absolute atomic E-state index is 12.6. The second-order valence-corrected chi connectivity index (χ2v) is 8.45. The molecule has 0 aliphatic heterocycles. The predicted octanol–water partition coefficient (Wildman–Crippen LogP) is 2.40. The summed E-state index contributed by atoms with van der Waals surface area (Å²) in [7, 11) is -1.81. The van der Waals surface area contributed by atoms with Crippen LogP contribution in [0.4, 0.5) is 0 Å². The second-order valence-electron chi connectivity index (χ2n) is 6.37. The molecule has 7 heteroatoms. The van der Waals surface area contributed by atoms with E-state index in [2.05, 4.69) is 4.98 Å². The van der Waals surface area contributed by atoms with Gasteiger partial charge in [0.25, 0.3) is 0 Å². The zero-order valence-electron chi connectivity index (χ0n) is 13.7. The average molecular weight is 358 g/mol. The molecule has 0 radical (unpaired) electrons. The van der Waals surface area contributed by atoms with Crippen LogP contribution >= 0.6 is 12.4 Å². The van der Waals surface area contributed by atoms with Gasteiger partial charge < -0.3 is 5.73 Å². The fraction of sp³-hybridized carbons (Fsp3) is 0.438. The van der Waals surface area contributed by atoms with Crippen molar-refractivity contribution in [1.82, 2.24) is 9.29 Å². The van der Waals surface area contributed by atoms with E-state index in [1.54, 1.807) is 13.2 Å². The average Bonchev–Trinajstić information content (AvgIpc) is 2.47. The lowest BCUT2D eigenvalue weighted by molar-refractivity contribution is 0.291. The Hall–Kier alpha value is -1.21. The van der Waals surface area contributed by atoms with E-state index in [0.29, 0.717) is 13.1 Å². The maximum Gasteiger partial charge on any atom is 0.218 e. The lowest BCUT2D eigenvalue weighted by Gasteiger charge is -2.28. The first kappa shape index (κ1) is 19.8. The molecular formula is C16H24ClN3O2S. The zero-order valence-corrected chi connectivity index (χ0v) is 15.3. The summed E-state index contributed by atoms with van der Waals surface area (Å²) in [5, 5.41) is 0.945. The second kappa shape index (κ2) is 7.57. The van der Waals surface area contributed by atoms with E-state index >= 15 is 0 Å². The first-order valence-electron chi connectivity index (χ1n) is 7.22. The first-order chi connectivity index (χ1) is 10.2. The molecule has 1 heterocycles. The molecule has 1 aromatic heterocycles. The van der Waals surface area contributed by atoms with Gasteiger partial charge in [-0.05, 0) is 23.6 Å². The summed E-state index contributed by atoms with van der Waals surface area (Å²) in [6.07, 6.45) is 1.68. The van der Waals surface area contributed by atoms with Gasteiger partial charge in [-0.15, -0.1) is 12.4 Å². The van der Waals surface area contributed by atoms with Crippen LogP contribution in [-0.2, 0) is 15.8 Å². The number of fused-ring (bicyclic) bond motifs is 1. The van der Waals surface area contributed by atoms with Gasteiger partial charge in [0.2, 0.25) is 10.0 Å². The molecule has 23 heavy (non-hydrogen) atoms. The Morgan fingerprint density at radius 3 is 2.52 bits per heavy atom. The Bertz CT molecular complexity index is 758. The van der Waals surface area contributed by atoms with Gasteiger partial charge in [-0.2, -0.15) is 0 Å². The molecule has 0 aliphatic carbocycles. The molecule has 0 spiro atoms. The first-order valence-corrected chi connectivity index (χ1v) is 8.83. The van der Waals surface area contributed by atoms with E-state index in [9.17, 15) is 8.42 Å². The van der Waals surface area contributed by atoms with Gasteiger partial charge >= 0.3 is 0 Å². The molecule has 5 nitrogen and oxygen atoms in total. The van der Waals surface area contributed by atoms with Gasteiger partial charge in [-0.25, -0.2) is 12.7 Å². The van der Waals surface area contributed by atoms with Crippen LogP contribution in [0.1, 0.15) is 19.4 Å². The number of nitrogens with two attached hydrogens (primary N) is 1. The zero-order chi connectivity index (χ0) is 16.4. The molecule has 0 saturated carbocycles. The molecule has 0 bridgehead atoms. The molecule has 0 unspecified atom stereocenters. The van der Waals surface area contributed by atoms with E-state index in [4.69, 9.17) is 5.73 Å². The van der Waals surface area contributed by atoms with Gasteiger partial charge in [0.1, 0.15) is 0 Å². The summed E-state index contributed by atoms with van der Waals surface area (Å²) in [6.45, 7) is 4.74. The molecule has 0 amide bonds. The number of pyridine rings is 1. The number of halogens is 1. The Morgan fingerprint density at radius 2 is 1.87 bits per heavy atom. The number of sulfonamides is 1. The van der Waals surface area contributed by atoms with Gasteiger partial charge in [-0.1, -0.05) is 38.1 Å². The minimum absolute atomic E-state index is 0. The predicted molar refractivity (Wildman–Crippen MR) is 97.1 cm³/mol. The summed E-state index contributed by atoms with van der Waals surface area (Å²) >= 11 is 0. The number of hydrogen-bond donors (Lipinski definition) is 1. The monoisotopic (exact) mass is 357 g/mol. The molecule has 0 saturated heterocycles. The van der Waals surface area contributed by atoms with E-state index in [1.807, 2.05) is 44.2 Å². The van der Waals surface area contributed by atoms with Crippen LogP contribution in [0.3, 0.4) is 0 Å². The van der Waals surface area contributed by atoms with Crippen molar-refractivity contribution in [2.75, 3.05) is 20.1 Å². The van der Waals surface area contributed by atoms with Gasteiger partial charge in [-0.3, -0.25) is 4.98 Å². The van der Waals surface area contributed by atoms with Crippen LogP contribution in [0.15, 0.2) is 36.5 Å². The number of aromatic nitrogens is 1. The number of para-hydroxylation sites is 1.